The van der Waals surface area contributed by atoms with Gasteiger partial charge in [-0.2, -0.15) is 0 Å². The van der Waals surface area contributed by atoms with Crippen LogP contribution in [-0.2, 0) is 18.7 Å². The smallest absolute Gasteiger partial charge is 0.247 e. The minimum absolute atomic E-state index is 0.296. The summed E-state index contributed by atoms with van der Waals surface area (Å²) >= 11 is 1.52. The molecule has 0 radical (unpaired) electrons. The molecule has 6 nitrogen and oxygen atoms in total. The first kappa shape index (κ1) is 16.6. The summed E-state index contributed by atoms with van der Waals surface area (Å²) in [4.78, 5) is 0. The van der Waals surface area contributed by atoms with Crippen molar-refractivity contribution in [2.75, 3.05) is 0 Å². The summed E-state index contributed by atoms with van der Waals surface area (Å²) in [5, 5.41) is 17.4. The van der Waals surface area contributed by atoms with Crippen LogP contribution < -0.4 is 0 Å². The molecule has 1 aromatic carbocycles. The minimum Gasteiger partial charge on any atom is -0.420 e. The lowest BCUT2D eigenvalue weighted by molar-refractivity contribution is 0.527. The van der Waals surface area contributed by atoms with Crippen molar-refractivity contribution in [1.29, 1.82) is 0 Å². The Bertz CT molecular complexity index is 799. The Morgan fingerprint density at radius 2 is 1.88 bits per heavy atom. The maximum Gasteiger partial charge on any atom is 0.247 e. The van der Waals surface area contributed by atoms with Crippen molar-refractivity contribution in [1.82, 2.24) is 25.0 Å². The fourth-order valence-electron chi connectivity index (χ4n) is 2.30. The molecule has 0 bridgehead atoms. The molecule has 0 saturated heterocycles. The SMILES string of the molecule is CCCc1nnc(SCc2nnc(-c3ccc(F)cc3)o2)n1CC. The number of hydrogen-bond acceptors (Lipinski definition) is 6. The maximum absolute atomic E-state index is 13.0. The lowest BCUT2D eigenvalue weighted by atomic mass is 10.2. The van der Waals surface area contributed by atoms with Gasteiger partial charge in [0.2, 0.25) is 11.8 Å². The van der Waals surface area contributed by atoms with E-state index in [-0.39, 0.29) is 5.82 Å². The fourth-order valence-corrected chi connectivity index (χ4v) is 3.16. The summed E-state index contributed by atoms with van der Waals surface area (Å²) in [6.45, 7) is 5.03. The summed E-state index contributed by atoms with van der Waals surface area (Å²) in [6.07, 6.45) is 1.95. The molecule has 0 N–H and O–H groups in total. The van der Waals surface area contributed by atoms with Crippen LogP contribution in [0.4, 0.5) is 4.39 Å². The van der Waals surface area contributed by atoms with Crippen molar-refractivity contribution in [3.63, 3.8) is 0 Å². The lowest BCUT2D eigenvalue weighted by Crippen LogP contribution is -2.03. The van der Waals surface area contributed by atoms with Crippen molar-refractivity contribution >= 4 is 11.8 Å². The van der Waals surface area contributed by atoms with Crippen molar-refractivity contribution in [3.8, 4) is 11.5 Å². The van der Waals surface area contributed by atoms with Gasteiger partial charge >= 0.3 is 0 Å². The van der Waals surface area contributed by atoms with Gasteiger partial charge in [-0.3, -0.25) is 0 Å². The molecule has 0 spiro atoms. The van der Waals surface area contributed by atoms with Crippen molar-refractivity contribution < 1.29 is 8.81 Å². The van der Waals surface area contributed by atoms with Crippen LogP contribution >= 0.6 is 11.8 Å². The van der Waals surface area contributed by atoms with Crippen LogP contribution in [0, 0.1) is 5.82 Å². The highest BCUT2D eigenvalue weighted by atomic mass is 32.2. The van der Waals surface area contributed by atoms with Crippen LogP contribution in [0.5, 0.6) is 0 Å². The van der Waals surface area contributed by atoms with Crippen LogP contribution in [0.3, 0.4) is 0 Å². The zero-order valence-corrected chi connectivity index (χ0v) is 14.4. The zero-order chi connectivity index (χ0) is 16.9. The standard InChI is InChI=1S/C16H18FN5OS/c1-3-5-13-18-21-16(22(13)4-2)24-10-14-19-20-15(23-14)11-6-8-12(17)9-7-11/h6-9H,3-5,10H2,1-2H3. The molecule has 0 aliphatic heterocycles. The molecule has 8 heteroatoms. The number of rotatable bonds is 7. The average molecular weight is 347 g/mol. The van der Waals surface area contributed by atoms with Crippen LogP contribution in [-0.4, -0.2) is 25.0 Å². The molecule has 126 valence electrons. The van der Waals surface area contributed by atoms with E-state index >= 15 is 0 Å². The third-order valence-corrected chi connectivity index (χ3v) is 4.42. The van der Waals surface area contributed by atoms with Gasteiger partial charge in [-0.25, -0.2) is 4.39 Å². The second-order valence-corrected chi connectivity index (χ2v) is 6.13. The molecule has 0 unspecified atom stereocenters. The molecule has 0 atom stereocenters. The molecule has 0 amide bonds. The molecule has 3 aromatic rings. The predicted octanol–water partition coefficient (Wildman–Crippen LogP) is 3.73. The Morgan fingerprint density at radius 3 is 2.58 bits per heavy atom. The number of halogens is 1. The topological polar surface area (TPSA) is 69.6 Å². The van der Waals surface area contributed by atoms with Gasteiger partial charge in [-0.1, -0.05) is 18.7 Å². The van der Waals surface area contributed by atoms with E-state index in [9.17, 15) is 4.39 Å². The van der Waals surface area contributed by atoms with E-state index in [1.165, 1.54) is 23.9 Å². The van der Waals surface area contributed by atoms with Gasteiger partial charge < -0.3 is 8.98 Å². The minimum atomic E-state index is -0.296. The summed E-state index contributed by atoms with van der Waals surface area (Å²) in [5.74, 6) is 2.10. The summed E-state index contributed by atoms with van der Waals surface area (Å²) in [7, 11) is 0. The van der Waals surface area contributed by atoms with Crippen molar-refractivity contribution in [2.45, 2.75) is 44.1 Å². The molecule has 0 fully saturated rings. The number of aryl methyl sites for hydroxylation is 1. The molecule has 2 aromatic heterocycles. The van der Waals surface area contributed by atoms with Gasteiger partial charge in [0.25, 0.3) is 0 Å². The molecule has 2 heterocycles. The number of hydrogen-bond donors (Lipinski definition) is 0. The van der Waals surface area contributed by atoms with Crippen LogP contribution in [0.25, 0.3) is 11.5 Å². The highest BCUT2D eigenvalue weighted by molar-refractivity contribution is 7.98. The largest absolute Gasteiger partial charge is 0.420 e. The van der Waals surface area contributed by atoms with Gasteiger partial charge in [-0.15, -0.1) is 20.4 Å². The van der Waals surface area contributed by atoms with Crippen LogP contribution in [0.2, 0.25) is 0 Å². The summed E-state index contributed by atoms with van der Waals surface area (Å²) < 4.78 is 20.7. The van der Waals surface area contributed by atoms with Crippen LogP contribution in [0.1, 0.15) is 32.0 Å². The molecule has 0 saturated carbocycles. The van der Waals surface area contributed by atoms with Gasteiger partial charge in [0.1, 0.15) is 11.6 Å². The number of thioether (sulfide) groups is 1. The first-order valence-corrected chi connectivity index (χ1v) is 8.83. The fraction of sp³-hybridized carbons (Fsp3) is 0.375. The zero-order valence-electron chi connectivity index (χ0n) is 13.6. The monoisotopic (exact) mass is 347 g/mol. The Kier molecular flexibility index (Phi) is 5.24. The normalized spacial score (nSPS) is 11.1. The van der Waals surface area contributed by atoms with Gasteiger partial charge in [0.15, 0.2) is 5.16 Å². The molecule has 3 rings (SSSR count). The lowest BCUT2D eigenvalue weighted by Gasteiger charge is -2.05. The average Bonchev–Trinajstić information content (AvgIpc) is 3.21. The third-order valence-electron chi connectivity index (χ3n) is 3.47. The Hall–Kier alpha value is -2.22. The third kappa shape index (κ3) is 3.64. The first-order chi connectivity index (χ1) is 11.7. The second kappa shape index (κ2) is 7.57. The van der Waals surface area contributed by atoms with E-state index in [1.807, 2.05) is 0 Å². The summed E-state index contributed by atoms with van der Waals surface area (Å²) in [5.41, 5.74) is 0.696. The highest BCUT2D eigenvalue weighted by Gasteiger charge is 2.13. The maximum atomic E-state index is 13.0. The summed E-state index contributed by atoms with van der Waals surface area (Å²) in [6, 6.07) is 5.97. The molecule has 0 aliphatic rings. The molecular weight excluding hydrogens is 329 g/mol. The van der Waals surface area contributed by atoms with E-state index in [2.05, 4.69) is 38.8 Å². The highest BCUT2D eigenvalue weighted by Crippen LogP contribution is 2.24. The molecule has 24 heavy (non-hydrogen) atoms. The van der Waals surface area contributed by atoms with Gasteiger partial charge in [-0.05, 0) is 37.6 Å². The van der Waals surface area contributed by atoms with Gasteiger partial charge in [0.05, 0.1) is 5.75 Å². The Morgan fingerprint density at radius 1 is 1.08 bits per heavy atom. The Labute approximate surface area is 143 Å². The number of benzene rings is 1. The Balaban J connectivity index is 1.68. The molecular formula is C16H18FN5OS. The first-order valence-electron chi connectivity index (χ1n) is 7.84. The van der Waals surface area contributed by atoms with E-state index in [1.54, 1.807) is 12.1 Å². The van der Waals surface area contributed by atoms with E-state index in [0.717, 1.165) is 30.4 Å². The van der Waals surface area contributed by atoms with Gasteiger partial charge in [0, 0.05) is 18.5 Å². The van der Waals surface area contributed by atoms with E-state index in [4.69, 9.17) is 4.42 Å². The number of nitrogens with zero attached hydrogens (tertiary/aromatic N) is 5. The van der Waals surface area contributed by atoms with E-state index < -0.39 is 0 Å². The predicted molar refractivity (Wildman–Crippen MR) is 88.9 cm³/mol. The second-order valence-electron chi connectivity index (χ2n) is 5.19. The van der Waals surface area contributed by atoms with Crippen LogP contribution in [0.15, 0.2) is 33.8 Å². The number of aromatic nitrogens is 5. The molecule has 0 aliphatic carbocycles. The van der Waals surface area contributed by atoms with E-state index in [0.29, 0.717) is 23.1 Å². The van der Waals surface area contributed by atoms with Crippen molar-refractivity contribution in [3.05, 3.63) is 41.8 Å². The van der Waals surface area contributed by atoms with Crippen molar-refractivity contribution in [2.24, 2.45) is 0 Å². The quantitative estimate of drug-likeness (QED) is 0.607.